The first-order chi connectivity index (χ1) is 15.9. The molecule has 4 N–H and O–H groups in total. The molecule has 34 heavy (non-hydrogen) atoms. The zero-order chi connectivity index (χ0) is 23.5. The number of benzene rings is 2. The Bertz CT molecular complexity index is 1230. The lowest BCUT2D eigenvalue weighted by atomic mass is 10.0. The van der Waals surface area contributed by atoms with Crippen molar-refractivity contribution in [3.8, 4) is 28.8 Å². The molecule has 1 fully saturated rings. The van der Waals surface area contributed by atoms with Gasteiger partial charge in [0, 0.05) is 42.5 Å². The minimum atomic E-state index is -0.702. The van der Waals surface area contributed by atoms with Crippen molar-refractivity contribution in [3.63, 3.8) is 0 Å². The van der Waals surface area contributed by atoms with Gasteiger partial charge in [-0.2, -0.15) is 5.26 Å². The minimum Gasteiger partial charge on any atom is -0.506 e. The highest BCUT2D eigenvalue weighted by molar-refractivity contribution is 5.85. The number of aromatic hydroxyl groups is 1. The van der Waals surface area contributed by atoms with Crippen molar-refractivity contribution >= 4 is 29.6 Å². The maximum atomic E-state index is 14.4. The van der Waals surface area contributed by atoms with E-state index in [9.17, 15) is 13.9 Å². The maximum absolute atomic E-state index is 14.4. The van der Waals surface area contributed by atoms with Crippen molar-refractivity contribution < 1.29 is 18.6 Å². The summed E-state index contributed by atoms with van der Waals surface area (Å²) in [6.07, 6.45) is 1.57. The van der Waals surface area contributed by atoms with Gasteiger partial charge in [-0.05, 0) is 37.1 Å². The Morgan fingerprint density at radius 2 is 1.88 bits per heavy atom. The number of methoxy groups -OCH3 is 1. The Labute approximate surface area is 202 Å². The van der Waals surface area contributed by atoms with E-state index in [0.717, 1.165) is 12.8 Å². The van der Waals surface area contributed by atoms with Crippen LogP contribution < -0.4 is 20.7 Å². The van der Waals surface area contributed by atoms with E-state index < -0.39 is 11.6 Å². The maximum Gasteiger partial charge on any atom is 0.167 e. The van der Waals surface area contributed by atoms with Gasteiger partial charge in [0.1, 0.15) is 34.8 Å². The van der Waals surface area contributed by atoms with Gasteiger partial charge in [0.2, 0.25) is 0 Å². The molecule has 0 radical (unpaired) electrons. The van der Waals surface area contributed by atoms with Crippen LogP contribution in [0.2, 0.25) is 0 Å². The van der Waals surface area contributed by atoms with Crippen molar-refractivity contribution in [1.29, 1.82) is 5.26 Å². The molecule has 178 valence electrons. The molecule has 0 aliphatic carbocycles. The molecule has 7 nitrogen and oxygen atoms in total. The van der Waals surface area contributed by atoms with Gasteiger partial charge in [-0.1, -0.05) is 6.07 Å². The predicted octanol–water partition coefficient (Wildman–Crippen LogP) is 4.71. The number of piperidine rings is 1. The Hall–Kier alpha value is -3.61. The number of nitrogens with zero attached hydrogens (tertiary/aromatic N) is 3. The van der Waals surface area contributed by atoms with Crippen molar-refractivity contribution in [3.05, 3.63) is 59.7 Å². The van der Waals surface area contributed by atoms with E-state index in [4.69, 9.17) is 20.7 Å². The Kier molecular flexibility index (Phi) is 7.76. The van der Waals surface area contributed by atoms with Crippen LogP contribution in [0.5, 0.6) is 11.5 Å². The van der Waals surface area contributed by atoms with Crippen molar-refractivity contribution in [2.45, 2.75) is 18.9 Å². The fourth-order valence-corrected chi connectivity index (χ4v) is 3.78. The molecule has 1 saturated heterocycles. The second kappa shape index (κ2) is 10.5. The lowest BCUT2D eigenvalue weighted by Gasteiger charge is -2.31. The van der Waals surface area contributed by atoms with Gasteiger partial charge in [0.15, 0.2) is 11.6 Å². The normalized spacial score (nSPS) is 13.7. The van der Waals surface area contributed by atoms with Crippen LogP contribution in [0.15, 0.2) is 42.5 Å². The third-order valence-electron chi connectivity index (χ3n) is 5.63. The number of pyridine rings is 1. The first-order valence-corrected chi connectivity index (χ1v) is 10.4. The Morgan fingerprint density at radius 3 is 2.50 bits per heavy atom. The largest absolute Gasteiger partial charge is 0.506 e. The van der Waals surface area contributed by atoms with Gasteiger partial charge in [0.05, 0.1) is 12.7 Å². The molecule has 2 heterocycles. The van der Waals surface area contributed by atoms with E-state index in [1.165, 1.54) is 37.4 Å². The first-order valence-electron chi connectivity index (χ1n) is 10.4. The summed E-state index contributed by atoms with van der Waals surface area (Å²) < 4.78 is 33.6. The zero-order valence-corrected chi connectivity index (χ0v) is 19.2. The molecule has 0 atom stereocenters. The van der Waals surface area contributed by atoms with Crippen LogP contribution in [0.1, 0.15) is 18.4 Å². The molecular formula is C24H24ClF2N5O2. The zero-order valence-electron chi connectivity index (χ0n) is 18.4. The smallest absolute Gasteiger partial charge is 0.167 e. The van der Waals surface area contributed by atoms with Crippen LogP contribution >= 0.6 is 12.4 Å². The average Bonchev–Trinajstić information content (AvgIpc) is 2.81. The molecule has 0 unspecified atom stereocenters. The molecule has 2 aromatic carbocycles. The van der Waals surface area contributed by atoms with E-state index in [1.807, 2.05) is 4.90 Å². The number of hydrogen-bond donors (Lipinski definition) is 3. The third-order valence-corrected chi connectivity index (χ3v) is 5.63. The summed E-state index contributed by atoms with van der Waals surface area (Å²) in [5, 5.41) is 22.9. The lowest BCUT2D eigenvalue weighted by molar-refractivity contribution is 0.386. The van der Waals surface area contributed by atoms with Crippen LogP contribution in [0.3, 0.4) is 0 Å². The fourth-order valence-electron chi connectivity index (χ4n) is 3.78. The van der Waals surface area contributed by atoms with E-state index in [2.05, 4.69) is 5.32 Å². The number of rotatable bonds is 5. The van der Waals surface area contributed by atoms with Crippen LogP contribution in [0, 0.1) is 23.0 Å². The SMILES string of the molecule is COc1ccc(Nc2c(O)cc(N3CCC(N)CC3)nc2-c2ccc(C#N)c(F)c2)cc1F.Cl. The number of anilines is 3. The summed E-state index contributed by atoms with van der Waals surface area (Å²) in [6, 6.07) is 11.8. The number of nitrogens with two attached hydrogens (primary N) is 1. The molecule has 10 heteroatoms. The minimum absolute atomic E-state index is 0. The standard InChI is InChI=1S/C24H23F2N5O2.ClH/c1-33-21-5-4-17(11-19(21)26)29-24-20(32)12-22(31-8-6-16(28)7-9-31)30-23(24)14-2-3-15(13-27)18(25)10-14;/h2-5,10-12,16,29H,6-9,28H2,1H3,(H,30,32);1H. The molecule has 1 aliphatic rings. The van der Waals surface area contributed by atoms with Gasteiger partial charge in [-0.15, -0.1) is 12.4 Å². The highest BCUT2D eigenvalue weighted by atomic mass is 35.5. The number of nitriles is 1. The molecule has 0 spiro atoms. The monoisotopic (exact) mass is 487 g/mol. The Morgan fingerprint density at radius 1 is 1.15 bits per heavy atom. The van der Waals surface area contributed by atoms with Crippen LogP contribution in [0.25, 0.3) is 11.3 Å². The topological polar surface area (TPSA) is 107 Å². The average molecular weight is 488 g/mol. The number of ether oxygens (including phenoxy) is 1. The van der Waals surface area contributed by atoms with Crippen LogP contribution in [-0.2, 0) is 0 Å². The van der Waals surface area contributed by atoms with Crippen LogP contribution in [-0.4, -0.2) is 36.3 Å². The number of halogens is 3. The van der Waals surface area contributed by atoms with Gasteiger partial charge in [0.25, 0.3) is 0 Å². The summed E-state index contributed by atoms with van der Waals surface area (Å²) in [4.78, 5) is 6.70. The van der Waals surface area contributed by atoms with E-state index >= 15 is 0 Å². The quantitative estimate of drug-likeness (QED) is 0.478. The predicted molar refractivity (Wildman–Crippen MR) is 129 cm³/mol. The highest BCUT2D eigenvalue weighted by Gasteiger charge is 2.22. The fraction of sp³-hybridized carbons (Fsp3) is 0.250. The number of nitrogens with one attached hydrogen (secondary N) is 1. The summed E-state index contributed by atoms with van der Waals surface area (Å²) in [5.74, 6) is -0.818. The number of aromatic nitrogens is 1. The van der Waals surface area contributed by atoms with E-state index in [0.29, 0.717) is 30.2 Å². The number of hydrogen-bond acceptors (Lipinski definition) is 7. The summed E-state index contributed by atoms with van der Waals surface area (Å²) in [7, 11) is 1.37. The summed E-state index contributed by atoms with van der Waals surface area (Å²) in [6.45, 7) is 1.34. The second-order valence-corrected chi connectivity index (χ2v) is 7.83. The van der Waals surface area contributed by atoms with Crippen molar-refractivity contribution in [2.24, 2.45) is 5.73 Å². The van der Waals surface area contributed by atoms with Gasteiger partial charge < -0.3 is 25.8 Å². The second-order valence-electron chi connectivity index (χ2n) is 7.83. The molecule has 0 saturated carbocycles. The summed E-state index contributed by atoms with van der Waals surface area (Å²) >= 11 is 0. The summed E-state index contributed by atoms with van der Waals surface area (Å²) in [5.41, 5.74) is 7.04. The molecule has 3 aromatic rings. The third kappa shape index (κ3) is 5.14. The highest BCUT2D eigenvalue weighted by Crippen LogP contribution is 2.40. The van der Waals surface area contributed by atoms with E-state index in [-0.39, 0.29) is 46.9 Å². The lowest BCUT2D eigenvalue weighted by Crippen LogP contribution is -2.40. The first kappa shape index (κ1) is 25.0. The van der Waals surface area contributed by atoms with Crippen molar-refractivity contribution in [2.75, 3.05) is 30.4 Å². The van der Waals surface area contributed by atoms with Gasteiger partial charge in [-0.3, -0.25) is 0 Å². The van der Waals surface area contributed by atoms with Gasteiger partial charge in [-0.25, -0.2) is 13.8 Å². The van der Waals surface area contributed by atoms with Crippen LogP contribution in [0.4, 0.5) is 26.0 Å². The molecule has 1 aromatic heterocycles. The van der Waals surface area contributed by atoms with Crippen molar-refractivity contribution in [1.82, 2.24) is 4.98 Å². The van der Waals surface area contributed by atoms with Gasteiger partial charge >= 0.3 is 0 Å². The molecule has 1 aliphatic heterocycles. The molecule has 0 bridgehead atoms. The molecule has 4 rings (SSSR count). The Balaban J connectivity index is 0.00000324. The van der Waals surface area contributed by atoms with E-state index in [1.54, 1.807) is 18.2 Å². The molecular weight excluding hydrogens is 464 g/mol. The molecule has 0 amide bonds.